The Labute approximate surface area is 170 Å². The molecule has 0 aromatic heterocycles. The lowest BCUT2D eigenvalue weighted by Gasteiger charge is -2.34. The molecular weight excluding hydrogens is 356 g/mol. The van der Waals surface area contributed by atoms with Crippen LogP contribution in [0.2, 0.25) is 0 Å². The van der Waals surface area contributed by atoms with E-state index in [-0.39, 0.29) is 24.3 Å². The third-order valence-electron chi connectivity index (χ3n) is 6.50. The normalized spacial score (nSPS) is 28.3. The molecule has 0 aromatic carbocycles. The average molecular weight is 397 g/mol. The Morgan fingerprint density at radius 3 is 1.71 bits per heavy atom. The molecule has 0 spiro atoms. The lowest BCUT2D eigenvalue weighted by molar-refractivity contribution is 0.0327. The number of hydrogen-bond acceptors (Lipinski definition) is 4. The molecule has 2 rings (SSSR count). The van der Waals surface area contributed by atoms with Crippen LogP contribution < -0.4 is 10.6 Å². The Hall–Kier alpha value is -1.46. The van der Waals surface area contributed by atoms with Crippen molar-refractivity contribution in [3.05, 3.63) is 0 Å². The van der Waals surface area contributed by atoms with Crippen LogP contribution in [-0.2, 0) is 9.47 Å². The molecule has 28 heavy (non-hydrogen) atoms. The van der Waals surface area contributed by atoms with Crippen molar-refractivity contribution < 1.29 is 19.1 Å². The first-order valence-corrected chi connectivity index (χ1v) is 11.2. The van der Waals surface area contributed by atoms with E-state index in [1.165, 1.54) is 32.1 Å². The van der Waals surface area contributed by atoms with Gasteiger partial charge in [0, 0.05) is 12.1 Å². The van der Waals surface area contributed by atoms with Gasteiger partial charge in [0.25, 0.3) is 0 Å². The molecule has 0 radical (unpaired) electrons. The van der Waals surface area contributed by atoms with E-state index >= 15 is 0 Å². The molecule has 0 heterocycles. The van der Waals surface area contributed by atoms with Gasteiger partial charge in [-0.2, -0.15) is 0 Å². The van der Waals surface area contributed by atoms with Crippen molar-refractivity contribution in [1.82, 2.24) is 10.6 Å². The van der Waals surface area contributed by atoms with Gasteiger partial charge >= 0.3 is 12.2 Å². The average Bonchev–Trinajstić information content (AvgIpc) is 2.64. The van der Waals surface area contributed by atoms with Crippen LogP contribution in [0.4, 0.5) is 9.59 Å². The number of carbonyl (C=O) groups is 2. The maximum atomic E-state index is 12.1. The van der Waals surface area contributed by atoms with Gasteiger partial charge in [-0.25, -0.2) is 9.59 Å². The molecule has 0 aromatic rings. The minimum Gasteiger partial charge on any atom is -0.450 e. The summed E-state index contributed by atoms with van der Waals surface area (Å²) >= 11 is 0. The molecule has 0 aliphatic heterocycles. The molecule has 2 aliphatic carbocycles. The Morgan fingerprint density at radius 2 is 1.29 bits per heavy atom. The van der Waals surface area contributed by atoms with Gasteiger partial charge in [0.1, 0.15) is 5.60 Å². The van der Waals surface area contributed by atoms with Crippen molar-refractivity contribution in [3.63, 3.8) is 0 Å². The lowest BCUT2D eigenvalue weighted by atomic mass is 9.76. The van der Waals surface area contributed by atoms with E-state index in [9.17, 15) is 9.59 Å². The second kappa shape index (κ2) is 10.9. The van der Waals surface area contributed by atoms with Crippen LogP contribution >= 0.6 is 0 Å². The maximum absolute atomic E-state index is 12.1. The molecule has 2 aliphatic rings. The standard InChI is InChI=1S/C22H40N2O4/c1-5-22(3,4)28-21(26)24-19-13-9-17(10-14-19)15-16-7-11-18(12-8-16)23-20(25)27-6-2/h16-19H,5-15H2,1-4H3,(H,23,25)(H,24,26). The summed E-state index contributed by atoms with van der Waals surface area (Å²) in [4.78, 5) is 23.6. The van der Waals surface area contributed by atoms with E-state index in [1.807, 2.05) is 27.7 Å². The molecule has 2 saturated carbocycles. The molecule has 2 N–H and O–H groups in total. The second-order valence-electron chi connectivity index (χ2n) is 9.18. The quantitative estimate of drug-likeness (QED) is 0.623. The molecule has 162 valence electrons. The van der Waals surface area contributed by atoms with Gasteiger partial charge in [0.15, 0.2) is 0 Å². The third kappa shape index (κ3) is 7.88. The molecule has 6 nitrogen and oxygen atoms in total. The van der Waals surface area contributed by atoms with E-state index < -0.39 is 5.60 Å². The summed E-state index contributed by atoms with van der Waals surface area (Å²) in [5, 5.41) is 6.03. The highest BCUT2D eigenvalue weighted by Gasteiger charge is 2.29. The monoisotopic (exact) mass is 396 g/mol. The molecule has 6 heteroatoms. The summed E-state index contributed by atoms with van der Waals surface area (Å²) < 4.78 is 10.5. The van der Waals surface area contributed by atoms with Crippen LogP contribution in [0.5, 0.6) is 0 Å². The van der Waals surface area contributed by atoms with Crippen molar-refractivity contribution in [2.24, 2.45) is 11.8 Å². The van der Waals surface area contributed by atoms with Gasteiger partial charge in [-0.15, -0.1) is 0 Å². The van der Waals surface area contributed by atoms with E-state index in [0.717, 1.165) is 43.9 Å². The summed E-state index contributed by atoms with van der Waals surface area (Å²) in [6, 6.07) is 0.523. The fourth-order valence-electron chi connectivity index (χ4n) is 4.42. The highest BCUT2D eigenvalue weighted by molar-refractivity contribution is 5.68. The summed E-state index contributed by atoms with van der Waals surface area (Å²) in [5.41, 5.74) is -0.401. The lowest BCUT2D eigenvalue weighted by Crippen LogP contribution is -2.41. The van der Waals surface area contributed by atoms with Crippen molar-refractivity contribution in [3.8, 4) is 0 Å². The number of nitrogens with one attached hydrogen (secondary N) is 2. The fraction of sp³-hybridized carbons (Fsp3) is 0.909. The predicted molar refractivity (Wildman–Crippen MR) is 110 cm³/mol. The molecule has 0 unspecified atom stereocenters. The van der Waals surface area contributed by atoms with E-state index in [1.54, 1.807) is 0 Å². The Morgan fingerprint density at radius 1 is 0.821 bits per heavy atom. The van der Waals surface area contributed by atoms with Gasteiger partial charge in [-0.1, -0.05) is 6.92 Å². The molecule has 2 amide bonds. The first-order valence-electron chi connectivity index (χ1n) is 11.2. The SMILES string of the molecule is CCOC(=O)NC1CCC(CC2CCC(NC(=O)OC(C)(C)CC)CC2)CC1. The highest BCUT2D eigenvalue weighted by Crippen LogP contribution is 2.35. The van der Waals surface area contributed by atoms with Gasteiger partial charge in [0.2, 0.25) is 0 Å². The summed E-state index contributed by atoms with van der Waals surface area (Å²) in [5.74, 6) is 1.53. The zero-order chi connectivity index (χ0) is 20.6. The second-order valence-corrected chi connectivity index (χ2v) is 9.18. The van der Waals surface area contributed by atoms with E-state index in [0.29, 0.717) is 6.61 Å². The molecule has 2 fully saturated rings. The Bertz CT molecular complexity index is 493. The van der Waals surface area contributed by atoms with Gasteiger partial charge in [-0.05, 0) is 96.8 Å². The van der Waals surface area contributed by atoms with Crippen LogP contribution in [0.15, 0.2) is 0 Å². The molecule has 0 bridgehead atoms. The van der Waals surface area contributed by atoms with Gasteiger partial charge in [-0.3, -0.25) is 0 Å². The van der Waals surface area contributed by atoms with Crippen LogP contribution in [-0.4, -0.2) is 36.5 Å². The zero-order valence-electron chi connectivity index (χ0n) is 18.2. The minimum atomic E-state index is -0.401. The number of carbonyl (C=O) groups excluding carboxylic acids is 2. The number of hydrogen-bond donors (Lipinski definition) is 2. The van der Waals surface area contributed by atoms with Crippen molar-refractivity contribution >= 4 is 12.2 Å². The fourth-order valence-corrected chi connectivity index (χ4v) is 4.42. The first kappa shape index (κ1) is 22.8. The van der Waals surface area contributed by atoms with Crippen LogP contribution in [0.1, 0.15) is 91.9 Å². The Balaban J connectivity index is 1.61. The van der Waals surface area contributed by atoms with Gasteiger partial charge in [0.05, 0.1) is 6.61 Å². The summed E-state index contributed by atoms with van der Waals surface area (Å²) in [7, 11) is 0. The van der Waals surface area contributed by atoms with Crippen LogP contribution in [0.3, 0.4) is 0 Å². The molecule has 0 saturated heterocycles. The van der Waals surface area contributed by atoms with Gasteiger partial charge < -0.3 is 20.1 Å². The van der Waals surface area contributed by atoms with Crippen LogP contribution in [0.25, 0.3) is 0 Å². The summed E-state index contributed by atoms with van der Waals surface area (Å²) in [6.45, 7) is 8.17. The van der Waals surface area contributed by atoms with Crippen molar-refractivity contribution in [2.45, 2.75) is 110 Å². The molecular formula is C22H40N2O4. The smallest absolute Gasteiger partial charge is 0.407 e. The largest absolute Gasteiger partial charge is 0.450 e. The first-order chi connectivity index (χ1) is 13.3. The predicted octanol–water partition coefficient (Wildman–Crippen LogP) is 5.16. The Kier molecular flexibility index (Phi) is 8.90. The van der Waals surface area contributed by atoms with E-state index in [2.05, 4.69) is 10.6 Å². The number of amides is 2. The minimum absolute atomic E-state index is 0.251. The van der Waals surface area contributed by atoms with E-state index in [4.69, 9.17) is 9.47 Å². The third-order valence-corrected chi connectivity index (χ3v) is 6.50. The van der Waals surface area contributed by atoms with Crippen molar-refractivity contribution in [1.29, 1.82) is 0 Å². The van der Waals surface area contributed by atoms with Crippen molar-refractivity contribution in [2.75, 3.05) is 6.61 Å². The van der Waals surface area contributed by atoms with Crippen LogP contribution in [0, 0.1) is 11.8 Å². The number of alkyl carbamates (subject to hydrolysis) is 2. The topological polar surface area (TPSA) is 76.7 Å². The number of rotatable bonds is 7. The number of ether oxygens (including phenoxy) is 2. The maximum Gasteiger partial charge on any atom is 0.407 e. The molecule has 0 atom stereocenters. The summed E-state index contributed by atoms with van der Waals surface area (Å²) in [6.07, 6.45) is 10.5. The zero-order valence-corrected chi connectivity index (χ0v) is 18.2. The highest BCUT2D eigenvalue weighted by atomic mass is 16.6.